The standard InChI is InChI=1S/C7H14FNO/c1-2-6-7(9)5(8)3-4-10-6/h5-7H,2-4,9H2,1H3. The summed E-state index contributed by atoms with van der Waals surface area (Å²) in [5, 5.41) is 0. The van der Waals surface area contributed by atoms with Crippen molar-refractivity contribution in [2.75, 3.05) is 6.61 Å². The van der Waals surface area contributed by atoms with Gasteiger partial charge in [0.2, 0.25) is 0 Å². The summed E-state index contributed by atoms with van der Waals surface area (Å²) in [5.41, 5.74) is 5.53. The van der Waals surface area contributed by atoms with Crippen LogP contribution in [0.2, 0.25) is 0 Å². The lowest BCUT2D eigenvalue weighted by Gasteiger charge is -2.30. The summed E-state index contributed by atoms with van der Waals surface area (Å²) in [6.07, 6.45) is 0.335. The lowest BCUT2D eigenvalue weighted by atomic mass is 10.00. The van der Waals surface area contributed by atoms with Crippen LogP contribution < -0.4 is 5.73 Å². The Morgan fingerprint density at radius 1 is 1.70 bits per heavy atom. The fraction of sp³-hybridized carbons (Fsp3) is 1.00. The first-order valence-corrected chi connectivity index (χ1v) is 3.77. The summed E-state index contributed by atoms with van der Waals surface area (Å²) in [6.45, 7) is 2.48. The molecule has 3 unspecified atom stereocenters. The van der Waals surface area contributed by atoms with E-state index < -0.39 is 12.2 Å². The highest BCUT2D eigenvalue weighted by molar-refractivity contribution is 4.83. The topological polar surface area (TPSA) is 35.2 Å². The third kappa shape index (κ3) is 1.47. The predicted molar refractivity (Wildman–Crippen MR) is 37.5 cm³/mol. The Bertz CT molecular complexity index is 110. The quantitative estimate of drug-likeness (QED) is 0.596. The highest BCUT2D eigenvalue weighted by Crippen LogP contribution is 2.17. The van der Waals surface area contributed by atoms with Crippen LogP contribution in [0.4, 0.5) is 4.39 Å². The fourth-order valence-electron chi connectivity index (χ4n) is 1.26. The number of hydrogen-bond donors (Lipinski definition) is 1. The number of nitrogens with two attached hydrogens (primary N) is 1. The molecule has 3 atom stereocenters. The van der Waals surface area contributed by atoms with E-state index in [2.05, 4.69) is 0 Å². The summed E-state index contributed by atoms with van der Waals surface area (Å²) < 4.78 is 18.1. The highest BCUT2D eigenvalue weighted by Gasteiger charge is 2.29. The van der Waals surface area contributed by atoms with Crippen molar-refractivity contribution in [1.82, 2.24) is 0 Å². The van der Waals surface area contributed by atoms with Gasteiger partial charge in [0.15, 0.2) is 0 Å². The van der Waals surface area contributed by atoms with Crippen LogP contribution in [0.1, 0.15) is 19.8 Å². The molecule has 10 heavy (non-hydrogen) atoms. The van der Waals surface area contributed by atoms with E-state index in [0.29, 0.717) is 13.0 Å². The molecule has 0 amide bonds. The first-order chi connectivity index (χ1) is 4.75. The Kier molecular flexibility index (Phi) is 2.63. The molecule has 0 radical (unpaired) electrons. The van der Waals surface area contributed by atoms with Gasteiger partial charge in [-0.15, -0.1) is 0 Å². The second-order valence-electron chi connectivity index (χ2n) is 2.70. The number of alkyl halides is 1. The molecule has 1 rings (SSSR count). The average Bonchev–Trinajstić information content (AvgIpc) is 1.95. The van der Waals surface area contributed by atoms with Crippen molar-refractivity contribution in [1.29, 1.82) is 0 Å². The van der Waals surface area contributed by atoms with Gasteiger partial charge in [0.05, 0.1) is 12.1 Å². The van der Waals surface area contributed by atoms with Crippen molar-refractivity contribution in [3.63, 3.8) is 0 Å². The second-order valence-corrected chi connectivity index (χ2v) is 2.70. The summed E-state index contributed by atoms with van der Waals surface area (Å²) in [6, 6.07) is -0.404. The lowest BCUT2D eigenvalue weighted by Crippen LogP contribution is -2.48. The van der Waals surface area contributed by atoms with Crippen molar-refractivity contribution < 1.29 is 9.13 Å². The Hall–Kier alpha value is -0.150. The van der Waals surface area contributed by atoms with Crippen LogP contribution in [-0.2, 0) is 4.74 Å². The Labute approximate surface area is 60.5 Å². The molecule has 1 aliphatic rings. The Morgan fingerprint density at radius 3 is 2.90 bits per heavy atom. The number of hydrogen-bond acceptors (Lipinski definition) is 2. The van der Waals surface area contributed by atoms with Crippen LogP contribution in [0.5, 0.6) is 0 Å². The minimum Gasteiger partial charge on any atom is -0.376 e. The molecular weight excluding hydrogens is 133 g/mol. The lowest BCUT2D eigenvalue weighted by molar-refractivity contribution is -0.0354. The molecule has 1 aliphatic heterocycles. The SMILES string of the molecule is CCC1OCCC(F)C1N. The molecule has 1 heterocycles. The molecule has 2 N–H and O–H groups in total. The fourth-order valence-corrected chi connectivity index (χ4v) is 1.26. The van der Waals surface area contributed by atoms with E-state index in [1.165, 1.54) is 0 Å². The minimum absolute atomic E-state index is 0.0660. The third-order valence-electron chi connectivity index (χ3n) is 1.97. The van der Waals surface area contributed by atoms with Crippen LogP contribution >= 0.6 is 0 Å². The summed E-state index contributed by atoms with van der Waals surface area (Å²) in [7, 11) is 0. The summed E-state index contributed by atoms with van der Waals surface area (Å²) in [5.74, 6) is 0. The molecule has 0 aromatic rings. The van der Waals surface area contributed by atoms with Crippen LogP contribution in [0.25, 0.3) is 0 Å². The van der Waals surface area contributed by atoms with Gasteiger partial charge in [0, 0.05) is 13.0 Å². The molecule has 2 nitrogen and oxygen atoms in total. The van der Waals surface area contributed by atoms with Gasteiger partial charge in [-0.25, -0.2) is 4.39 Å². The molecule has 0 spiro atoms. The molecule has 0 saturated carbocycles. The minimum atomic E-state index is -0.862. The van der Waals surface area contributed by atoms with Gasteiger partial charge in [-0.3, -0.25) is 0 Å². The van der Waals surface area contributed by atoms with Crippen LogP contribution in [0.3, 0.4) is 0 Å². The van der Waals surface area contributed by atoms with Gasteiger partial charge in [-0.2, -0.15) is 0 Å². The van der Waals surface area contributed by atoms with Gasteiger partial charge >= 0.3 is 0 Å². The smallest absolute Gasteiger partial charge is 0.120 e. The molecule has 0 bridgehead atoms. The normalized spacial score (nSPS) is 41.7. The van der Waals surface area contributed by atoms with Crippen molar-refractivity contribution in [3.05, 3.63) is 0 Å². The van der Waals surface area contributed by atoms with E-state index in [1.807, 2.05) is 6.92 Å². The molecular formula is C7H14FNO. The molecule has 1 saturated heterocycles. The molecule has 0 aromatic carbocycles. The van der Waals surface area contributed by atoms with E-state index in [1.54, 1.807) is 0 Å². The molecule has 0 aliphatic carbocycles. The zero-order valence-electron chi connectivity index (χ0n) is 6.22. The second kappa shape index (κ2) is 3.30. The number of rotatable bonds is 1. The van der Waals surface area contributed by atoms with Crippen LogP contribution in [0.15, 0.2) is 0 Å². The van der Waals surface area contributed by atoms with Gasteiger partial charge in [0.1, 0.15) is 6.17 Å². The van der Waals surface area contributed by atoms with Crippen molar-refractivity contribution in [3.8, 4) is 0 Å². The van der Waals surface area contributed by atoms with E-state index in [4.69, 9.17) is 10.5 Å². The Morgan fingerprint density at radius 2 is 2.40 bits per heavy atom. The maximum atomic E-state index is 12.8. The van der Waals surface area contributed by atoms with E-state index in [-0.39, 0.29) is 6.10 Å². The number of ether oxygens (including phenoxy) is 1. The maximum absolute atomic E-state index is 12.8. The average molecular weight is 147 g/mol. The zero-order chi connectivity index (χ0) is 7.56. The van der Waals surface area contributed by atoms with Gasteiger partial charge < -0.3 is 10.5 Å². The molecule has 1 fully saturated rings. The molecule has 3 heteroatoms. The Balaban J connectivity index is 2.42. The van der Waals surface area contributed by atoms with E-state index in [0.717, 1.165) is 6.42 Å². The molecule has 0 aromatic heterocycles. The van der Waals surface area contributed by atoms with E-state index >= 15 is 0 Å². The first-order valence-electron chi connectivity index (χ1n) is 3.77. The van der Waals surface area contributed by atoms with Crippen LogP contribution in [-0.4, -0.2) is 24.9 Å². The maximum Gasteiger partial charge on any atom is 0.120 e. The first kappa shape index (κ1) is 7.95. The highest BCUT2D eigenvalue weighted by atomic mass is 19.1. The van der Waals surface area contributed by atoms with Gasteiger partial charge in [-0.05, 0) is 6.42 Å². The molecule has 60 valence electrons. The zero-order valence-corrected chi connectivity index (χ0v) is 6.22. The van der Waals surface area contributed by atoms with Gasteiger partial charge in [0.25, 0.3) is 0 Å². The van der Waals surface area contributed by atoms with Gasteiger partial charge in [-0.1, -0.05) is 6.92 Å². The number of halogens is 1. The van der Waals surface area contributed by atoms with Crippen molar-refractivity contribution in [2.24, 2.45) is 5.73 Å². The largest absolute Gasteiger partial charge is 0.376 e. The summed E-state index contributed by atoms with van der Waals surface area (Å²) in [4.78, 5) is 0. The van der Waals surface area contributed by atoms with Crippen molar-refractivity contribution >= 4 is 0 Å². The monoisotopic (exact) mass is 147 g/mol. The van der Waals surface area contributed by atoms with Crippen molar-refractivity contribution in [2.45, 2.75) is 38.1 Å². The predicted octanol–water partition coefficient (Wildman–Crippen LogP) is 0.851. The summed E-state index contributed by atoms with van der Waals surface area (Å²) >= 11 is 0. The van der Waals surface area contributed by atoms with E-state index in [9.17, 15) is 4.39 Å². The third-order valence-corrected chi connectivity index (χ3v) is 1.97. The van der Waals surface area contributed by atoms with Crippen LogP contribution in [0, 0.1) is 0 Å².